The van der Waals surface area contributed by atoms with Gasteiger partial charge in [-0.1, -0.05) is 23.7 Å². The Balaban J connectivity index is 1.81. The molecule has 10 heteroatoms. The van der Waals surface area contributed by atoms with E-state index in [9.17, 15) is 13.2 Å². The maximum absolute atomic E-state index is 12.8. The number of carbonyl (C=O) groups is 1. The molecule has 0 aliphatic heterocycles. The number of anilines is 3. The number of methoxy groups -OCH3 is 2. The van der Waals surface area contributed by atoms with Gasteiger partial charge in [0, 0.05) is 5.69 Å². The van der Waals surface area contributed by atoms with Crippen molar-refractivity contribution in [2.45, 2.75) is 4.90 Å². The van der Waals surface area contributed by atoms with Gasteiger partial charge in [0.05, 0.1) is 35.5 Å². The van der Waals surface area contributed by atoms with E-state index < -0.39 is 16.1 Å². The smallest absolute Gasteiger partial charge is 0.323 e. The van der Waals surface area contributed by atoms with Crippen molar-refractivity contribution in [3.63, 3.8) is 0 Å². The van der Waals surface area contributed by atoms with Crippen LogP contribution in [-0.4, -0.2) is 28.7 Å². The monoisotopic (exact) mass is 461 g/mol. The number of sulfonamides is 1. The minimum atomic E-state index is -3.92. The van der Waals surface area contributed by atoms with Crippen LogP contribution in [0, 0.1) is 0 Å². The Morgan fingerprint density at radius 2 is 1.55 bits per heavy atom. The highest BCUT2D eigenvalue weighted by Gasteiger charge is 2.18. The Morgan fingerprint density at radius 3 is 2.19 bits per heavy atom. The van der Waals surface area contributed by atoms with E-state index >= 15 is 0 Å². The third kappa shape index (κ3) is 5.59. The molecule has 0 saturated carbocycles. The van der Waals surface area contributed by atoms with Crippen LogP contribution in [0.3, 0.4) is 0 Å². The quantitative estimate of drug-likeness (QED) is 0.468. The van der Waals surface area contributed by atoms with Gasteiger partial charge in [0.2, 0.25) is 0 Å². The number of hydrogen-bond acceptors (Lipinski definition) is 5. The Hall–Kier alpha value is -3.43. The molecule has 0 aliphatic carbocycles. The average molecular weight is 462 g/mol. The lowest BCUT2D eigenvalue weighted by Gasteiger charge is -2.14. The van der Waals surface area contributed by atoms with Crippen LogP contribution in [-0.2, 0) is 10.0 Å². The lowest BCUT2D eigenvalue weighted by molar-refractivity contribution is 0.262. The Labute approximate surface area is 185 Å². The van der Waals surface area contributed by atoms with E-state index in [0.29, 0.717) is 22.1 Å². The van der Waals surface area contributed by atoms with Crippen LogP contribution in [0.25, 0.3) is 0 Å². The average Bonchev–Trinajstić information content (AvgIpc) is 2.75. The Bertz CT molecular complexity index is 1180. The zero-order valence-electron chi connectivity index (χ0n) is 16.7. The number of ether oxygens (including phenoxy) is 2. The Morgan fingerprint density at radius 1 is 0.871 bits per heavy atom. The largest absolute Gasteiger partial charge is 0.497 e. The van der Waals surface area contributed by atoms with Crippen LogP contribution >= 0.6 is 11.6 Å². The van der Waals surface area contributed by atoms with Gasteiger partial charge in [-0.3, -0.25) is 4.72 Å². The summed E-state index contributed by atoms with van der Waals surface area (Å²) in [7, 11) is -0.987. The number of amides is 2. The normalized spacial score (nSPS) is 10.8. The molecule has 0 unspecified atom stereocenters. The van der Waals surface area contributed by atoms with Gasteiger partial charge < -0.3 is 20.1 Å². The van der Waals surface area contributed by atoms with Crippen LogP contribution in [0.5, 0.6) is 11.5 Å². The molecule has 31 heavy (non-hydrogen) atoms. The molecule has 3 aromatic carbocycles. The predicted molar refractivity (Wildman–Crippen MR) is 121 cm³/mol. The van der Waals surface area contributed by atoms with Gasteiger partial charge in [-0.25, -0.2) is 13.2 Å². The molecular formula is C21H20ClN3O5S. The van der Waals surface area contributed by atoms with Crippen LogP contribution in [0.2, 0.25) is 5.02 Å². The van der Waals surface area contributed by atoms with Crippen molar-refractivity contribution in [1.29, 1.82) is 0 Å². The summed E-state index contributed by atoms with van der Waals surface area (Å²) in [5.41, 5.74) is 0.942. The molecule has 0 aromatic heterocycles. The molecule has 162 valence electrons. The molecule has 0 heterocycles. The fourth-order valence-corrected chi connectivity index (χ4v) is 3.93. The van der Waals surface area contributed by atoms with Crippen molar-refractivity contribution in [2.24, 2.45) is 0 Å². The first kappa shape index (κ1) is 22.3. The zero-order valence-corrected chi connectivity index (χ0v) is 18.3. The second-order valence-electron chi connectivity index (χ2n) is 6.26. The van der Waals surface area contributed by atoms with Crippen molar-refractivity contribution in [3.05, 3.63) is 71.8 Å². The second-order valence-corrected chi connectivity index (χ2v) is 8.34. The van der Waals surface area contributed by atoms with Gasteiger partial charge in [-0.2, -0.15) is 0 Å². The summed E-state index contributed by atoms with van der Waals surface area (Å²) in [5.74, 6) is 0.890. The van der Waals surface area contributed by atoms with E-state index in [4.69, 9.17) is 21.1 Å². The first-order chi connectivity index (χ1) is 14.8. The fraction of sp³-hybridized carbons (Fsp3) is 0.0952. The van der Waals surface area contributed by atoms with Gasteiger partial charge in [0.25, 0.3) is 10.0 Å². The molecule has 0 radical (unpaired) electrons. The summed E-state index contributed by atoms with van der Waals surface area (Å²) in [4.78, 5) is 12.3. The van der Waals surface area contributed by atoms with Gasteiger partial charge in [-0.05, 0) is 54.6 Å². The van der Waals surface area contributed by atoms with Crippen LogP contribution < -0.4 is 24.8 Å². The molecule has 2 amide bonds. The van der Waals surface area contributed by atoms with Crippen molar-refractivity contribution in [2.75, 3.05) is 29.6 Å². The summed E-state index contributed by atoms with van der Waals surface area (Å²) >= 11 is 6.05. The van der Waals surface area contributed by atoms with E-state index in [1.54, 1.807) is 48.5 Å². The van der Waals surface area contributed by atoms with Crippen molar-refractivity contribution in [3.8, 4) is 11.5 Å². The minimum absolute atomic E-state index is 0.0582. The standard InChI is InChI=1S/C21H20ClN3O5S/c1-29-15-9-7-14(8-10-15)25-31(27,28)16-11-12-20(30-2)19(13-16)24-21(26)23-18-6-4-3-5-17(18)22/h3-13,25H,1-2H3,(H2,23,24,26). The number of benzene rings is 3. The van der Waals surface area contributed by atoms with Gasteiger partial charge in [0.15, 0.2) is 0 Å². The predicted octanol–water partition coefficient (Wildman–Crippen LogP) is 4.80. The molecule has 0 aliphatic rings. The van der Waals surface area contributed by atoms with Crippen LogP contribution in [0.4, 0.5) is 21.9 Å². The molecule has 0 saturated heterocycles. The fourth-order valence-electron chi connectivity index (χ4n) is 2.66. The number of rotatable bonds is 7. The van der Waals surface area contributed by atoms with E-state index in [-0.39, 0.29) is 16.3 Å². The third-order valence-corrected chi connectivity index (χ3v) is 5.90. The molecule has 0 bridgehead atoms. The van der Waals surface area contributed by atoms with E-state index in [2.05, 4.69) is 15.4 Å². The highest BCUT2D eigenvalue weighted by atomic mass is 35.5. The van der Waals surface area contributed by atoms with Gasteiger partial charge >= 0.3 is 6.03 Å². The van der Waals surface area contributed by atoms with Crippen molar-refractivity contribution >= 4 is 44.7 Å². The lowest BCUT2D eigenvalue weighted by Crippen LogP contribution is -2.20. The molecular weight excluding hydrogens is 442 g/mol. The molecule has 0 atom stereocenters. The number of nitrogens with one attached hydrogen (secondary N) is 3. The molecule has 0 fully saturated rings. The summed E-state index contributed by atoms with van der Waals surface area (Å²) in [6, 6.07) is 16.7. The topological polar surface area (TPSA) is 106 Å². The summed E-state index contributed by atoms with van der Waals surface area (Å²) in [5, 5.41) is 5.56. The molecule has 3 aromatic rings. The van der Waals surface area contributed by atoms with Crippen LogP contribution in [0.1, 0.15) is 0 Å². The van der Waals surface area contributed by atoms with Gasteiger partial charge in [0.1, 0.15) is 11.5 Å². The number of hydrogen-bond donors (Lipinski definition) is 3. The maximum Gasteiger partial charge on any atom is 0.323 e. The SMILES string of the molecule is COc1ccc(NS(=O)(=O)c2ccc(OC)c(NC(=O)Nc3ccccc3Cl)c2)cc1. The van der Waals surface area contributed by atoms with E-state index in [0.717, 1.165) is 0 Å². The summed E-state index contributed by atoms with van der Waals surface area (Å²) in [6.07, 6.45) is 0. The molecule has 3 rings (SSSR count). The minimum Gasteiger partial charge on any atom is -0.497 e. The number of urea groups is 1. The highest BCUT2D eigenvalue weighted by molar-refractivity contribution is 7.92. The molecule has 3 N–H and O–H groups in total. The number of halogens is 1. The molecule has 8 nitrogen and oxygen atoms in total. The lowest BCUT2D eigenvalue weighted by atomic mass is 10.3. The number of carbonyl (C=O) groups excluding carboxylic acids is 1. The second kappa shape index (κ2) is 9.59. The Kier molecular flexibility index (Phi) is 6.88. The third-order valence-electron chi connectivity index (χ3n) is 4.19. The first-order valence-electron chi connectivity index (χ1n) is 9.00. The van der Waals surface area contributed by atoms with Crippen LogP contribution in [0.15, 0.2) is 71.6 Å². The van der Waals surface area contributed by atoms with Crippen molar-refractivity contribution < 1.29 is 22.7 Å². The van der Waals surface area contributed by atoms with E-state index in [1.165, 1.54) is 32.4 Å². The van der Waals surface area contributed by atoms with Crippen molar-refractivity contribution in [1.82, 2.24) is 0 Å². The zero-order chi connectivity index (χ0) is 22.4. The molecule has 0 spiro atoms. The summed E-state index contributed by atoms with van der Waals surface area (Å²) < 4.78 is 38.4. The maximum atomic E-state index is 12.8. The highest BCUT2D eigenvalue weighted by Crippen LogP contribution is 2.29. The van der Waals surface area contributed by atoms with Gasteiger partial charge in [-0.15, -0.1) is 0 Å². The first-order valence-corrected chi connectivity index (χ1v) is 10.9. The number of para-hydroxylation sites is 1. The summed E-state index contributed by atoms with van der Waals surface area (Å²) in [6.45, 7) is 0. The van der Waals surface area contributed by atoms with E-state index in [1.807, 2.05) is 0 Å².